The highest BCUT2D eigenvalue weighted by molar-refractivity contribution is 5.92. The third kappa shape index (κ3) is 2.60. The predicted molar refractivity (Wildman–Crippen MR) is 110 cm³/mol. The lowest BCUT2D eigenvalue weighted by atomic mass is 9.47. The second-order valence-corrected chi connectivity index (χ2v) is 10.7. The molecular formula is C25H32O5. The molecule has 5 rings (SSSR count). The van der Waals surface area contributed by atoms with Gasteiger partial charge in [-0.05, 0) is 55.9 Å². The number of rotatable bonds is 2. The van der Waals surface area contributed by atoms with Gasteiger partial charge >= 0.3 is 5.97 Å². The zero-order valence-corrected chi connectivity index (χ0v) is 18.3. The summed E-state index contributed by atoms with van der Waals surface area (Å²) in [6, 6.07) is 0. The Labute approximate surface area is 178 Å². The van der Waals surface area contributed by atoms with Crippen LogP contribution in [0.15, 0.2) is 23.3 Å². The minimum Gasteiger partial charge on any atom is -0.469 e. The zero-order valence-electron chi connectivity index (χ0n) is 18.3. The van der Waals surface area contributed by atoms with E-state index in [1.165, 1.54) is 18.3 Å². The first-order valence-corrected chi connectivity index (χ1v) is 11.4. The Kier molecular flexibility index (Phi) is 4.45. The largest absolute Gasteiger partial charge is 0.469 e. The van der Waals surface area contributed by atoms with Gasteiger partial charge in [0.1, 0.15) is 6.61 Å². The summed E-state index contributed by atoms with van der Waals surface area (Å²) in [5.74, 6) is 1.02. The lowest BCUT2D eigenvalue weighted by Crippen LogP contribution is -2.53. The van der Waals surface area contributed by atoms with Gasteiger partial charge in [-0.3, -0.25) is 14.4 Å². The van der Waals surface area contributed by atoms with Gasteiger partial charge < -0.3 is 9.47 Å². The summed E-state index contributed by atoms with van der Waals surface area (Å²) in [4.78, 5) is 36.7. The van der Waals surface area contributed by atoms with E-state index in [2.05, 4.69) is 19.9 Å². The minimum absolute atomic E-state index is 0.0887. The van der Waals surface area contributed by atoms with Crippen molar-refractivity contribution in [2.75, 3.05) is 13.7 Å². The normalized spacial score (nSPS) is 44.8. The number of esters is 1. The summed E-state index contributed by atoms with van der Waals surface area (Å²) in [6.07, 6.45) is 10.2. The Hall–Kier alpha value is -1.75. The first-order chi connectivity index (χ1) is 14.2. The lowest BCUT2D eigenvalue weighted by molar-refractivity contribution is -0.143. The number of ketones is 2. The van der Waals surface area contributed by atoms with Crippen LogP contribution in [-0.4, -0.2) is 36.9 Å². The summed E-state index contributed by atoms with van der Waals surface area (Å²) < 4.78 is 11.3. The second kappa shape index (κ2) is 6.62. The van der Waals surface area contributed by atoms with Crippen LogP contribution in [0.2, 0.25) is 0 Å². The van der Waals surface area contributed by atoms with E-state index in [4.69, 9.17) is 9.47 Å². The van der Waals surface area contributed by atoms with Gasteiger partial charge in [-0.2, -0.15) is 0 Å². The molecule has 2 unspecified atom stereocenters. The molecule has 0 aromatic heterocycles. The number of carbonyl (C=O) groups is 3. The van der Waals surface area contributed by atoms with Gasteiger partial charge in [-0.25, -0.2) is 0 Å². The number of hydrogen-bond acceptors (Lipinski definition) is 5. The van der Waals surface area contributed by atoms with Crippen molar-refractivity contribution in [2.45, 2.75) is 70.8 Å². The van der Waals surface area contributed by atoms with Gasteiger partial charge in [0.05, 0.1) is 12.7 Å². The molecule has 0 amide bonds. The van der Waals surface area contributed by atoms with Crippen LogP contribution in [0.4, 0.5) is 0 Å². The molecule has 1 spiro atoms. The highest BCUT2D eigenvalue weighted by Gasteiger charge is 2.66. The van der Waals surface area contributed by atoms with Gasteiger partial charge in [0.25, 0.3) is 0 Å². The first-order valence-electron chi connectivity index (χ1n) is 11.4. The molecule has 5 heteroatoms. The van der Waals surface area contributed by atoms with Crippen LogP contribution in [0.5, 0.6) is 0 Å². The third-order valence-electron chi connectivity index (χ3n) is 9.45. The van der Waals surface area contributed by atoms with Gasteiger partial charge in [-0.1, -0.05) is 31.1 Å². The van der Waals surface area contributed by atoms with Crippen LogP contribution in [0.1, 0.15) is 65.2 Å². The van der Waals surface area contributed by atoms with E-state index in [9.17, 15) is 14.4 Å². The fraction of sp³-hybridized carbons (Fsp3) is 0.720. The Morgan fingerprint density at radius 3 is 2.77 bits per heavy atom. The van der Waals surface area contributed by atoms with Crippen molar-refractivity contribution in [3.63, 3.8) is 0 Å². The summed E-state index contributed by atoms with van der Waals surface area (Å²) >= 11 is 0. The van der Waals surface area contributed by atoms with Gasteiger partial charge in [0, 0.05) is 30.1 Å². The monoisotopic (exact) mass is 412 g/mol. The number of carbonyl (C=O) groups excluding carboxylic acids is 3. The number of fused-ring (bicyclic) bond motifs is 6. The fourth-order valence-electron chi connectivity index (χ4n) is 7.74. The van der Waals surface area contributed by atoms with Crippen molar-refractivity contribution in [2.24, 2.45) is 28.6 Å². The Morgan fingerprint density at radius 1 is 1.27 bits per heavy atom. The van der Waals surface area contributed by atoms with E-state index < -0.39 is 0 Å². The molecule has 1 heterocycles. The molecule has 4 aliphatic carbocycles. The Balaban J connectivity index is 1.60. The molecular weight excluding hydrogens is 380 g/mol. The third-order valence-corrected chi connectivity index (χ3v) is 9.45. The molecule has 1 saturated heterocycles. The van der Waals surface area contributed by atoms with Crippen LogP contribution in [0, 0.1) is 28.6 Å². The lowest BCUT2D eigenvalue weighted by Gasteiger charge is -2.57. The van der Waals surface area contributed by atoms with Crippen molar-refractivity contribution in [3.8, 4) is 0 Å². The van der Waals surface area contributed by atoms with Gasteiger partial charge in [-0.15, -0.1) is 0 Å². The van der Waals surface area contributed by atoms with Crippen molar-refractivity contribution in [3.05, 3.63) is 23.3 Å². The molecule has 0 N–H and O–H groups in total. The number of ether oxygens (including phenoxy) is 2. The zero-order chi connectivity index (χ0) is 21.3. The van der Waals surface area contributed by atoms with Crippen LogP contribution in [-0.2, 0) is 23.9 Å². The summed E-state index contributed by atoms with van der Waals surface area (Å²) in [6.45, 7) is 4.84. The Bertz CT molecular complexity index is 884. The average Bonchev–Trinajstić information content (AvgIpc) is 3.23. The second-order valence-electron chi connectivity index (χ2n) is 10.7. The molecule has 6 atom stereocenters. The van der Waals surface area contributed by atoms with E-state index in [1.54, 1.807) is 0 Å². The molecule has 162 valence electrons. The maximum atomic E-state index is 12.3. The summed E-state index contributed by atoms with van der Waals surface area (Å²) in [7, 11) is 1.45. The SMILES string of the molecule is COC(=O)C[C@@H]1CC2=CC(=O)CC[C@]2(C)C2=CC[C@@]3(C)C(CC[C@]34CC(=O)CO4)C21. The number of hydrogen-bond donors (Lipinski definition) is 0. The van der Waals surface area contributed by atoms with Crippen molar-refractivity contribution in [1.29, 1.82) is 0 Å². The topological polar surface area (TPSA) is 69.7 Å². The average molecular weight is 413 g/mol. The molecule has 5 nitrogen and oxygen atoms in total. The molecule has 2 saturated carbocycles. The van der Waals surface area contributed by atoms with E-state index in [0.717, 1.165) is 32.1 Å². The molecule has 0 aromatic rings. The van der Waals surface area contributed by atoms with Crippen LogP contribution < -0.4 is 0 Å². The molecule has 0 aromatic carbocycles. The fourth-order valence-corrected chi connectivity index (χ4v) is 7.74. The number of allylic oxidation sites excluding steroid dienone is 4. The maximum absolute atomic E-state index is 12.3. The highest BCUT2D eigenvalue weighted by Crippen LogP contribution is 2.68. The van der Waals surface area contributed by atoms with Crippen molar-refractivity contribution in [1.82, 2.24) is 0 Å². The van der Waals surface area contributed by atoms with E-state index >= 15 is 0 Å². The standard InChI is InChI=1S/C25H32O5/c1-23-7-4-17(26)12-16(23)10-15(11-21(28)29-3)22-19(23)5-8-24(2)20(22)6-9-25(24)13-18(27)14-30-25/h5,12,15,20,22H,4,6-11,13-14H2,1-3H3/t15-,20?,22?,23-,24-,25-/m0/s1. The molecule has 3 fully saturated rings. The van der Waals surface area contributed by atoms with E-state index in [-0.39, 0.29) is 52.4 Å². The summed E-state index contributed by atoms with van der Waals surface area (Å²) in [5, 5.41) is 0. The molecule has 1 aliphatic heterocycles. The van der Waals surface area contributed by atoms with Gasteiger partial charge in [0.15, 0.2) is 11.6 Å². The molecule has 0 bridgehead atoms. The van der Waals surface area contributed by atoms with E-state index in [0.29, 0.717) is 25.2 Å². The molecule has 5 aliphatic rings. The van der Waals surface area contributed by atoms with Crippen LogP contribution in [0.3, 0.4) is 0 Å². The van der Waals surface area contributed by atoms with Crippen LogP contribution in [0.25, 0.3) is 0 Å². The quantitative estimate of drug-likeness (QED) is 0.507. The van der Waals surface area contributed by atoms with Crippen LogP contribution >= 0.6 is 0 Å². The molecule has 0 radical (unpaired) electrons. The Morgan fingerprint density at radius 2 is 2.07 bits per heavy atom. The predicted octanol–water partition coefficient (Wildman–Crippen LogP) is 3.96. The number of Topliss-reactive ketones (excluding diaryl/α,β-unsaturated/α-hetero) is 1. The molecule has 30 heavy (non-hydrogen) atoms. The van der Waals surface area contributed by atoms with Crippen molar-refractivity contribution < 1.29 is 23.9 Å². The van der Waals surface area contributed by atoms with Gasteiger partial charge in [0.2, 0.25) is 0 Å². The first kappa shape index (κ1) is 20.2. The highest BCUT2D eigenvalue weighted by atomic mass is 16.5. The van der Waals surface area contributed by atoms with E-state index in [1.807, 2.05) is 6.08 Å². The van der Waals surface area contributed by atoms with Crippen molar-refractivity contribution >= 4 is 17.5 Å². The minimum atomic E-state index is -0.355. The summed E-state index contributed by atoms with van der Waals surface area (Å²) in [5.41, 5.74) is 2.08. The maximum Gasteiger partial charge on any atom is 0.305 e. The number of methoxy groups -OCH3 is 1. The smallest absolute Gasteiger partial charge is 0.305 e.